The van der Waals surface area contributed by atoms with Crippen molar-refractivity contribution in [1.82, 2.24) is 4.57 Å². The number of thiazole rings is 1. The van der Waals surface area contributed by atoms with Gasteiger partial charge in [0.25, 0.3) is 11.2 Å². The number of fused-ring (bicyclic) bond motifs is 3. The van der Waals surface area contributed by atoms with E-state index in [0.717, 1.165) is 34.4 Å². The van der Waals surface area contributed by atoms with Gasteiger partial charge in [-0.25, -0.2) is 4.99 Å². The van der Waals surface area contributed by atoms with Crippen molar-refractivity contribution in [2.45, 2.75) is 25.5 Å². The van der Waals surface area contributed by atoms with Gasteiger partial charge in [-0.3, -0.25) is 19.5 Å². The number of rotatable bonds is 6. The molecular formula is C34H25N3O4S. The summed E-state index contributed by atoms with van der Waals surface area (Å²) < 4.78 is 8.25. The van der Waals surface area contributed by atoms with Crippen molar-refractivity contribution in [3.8, 4) is 5.75 Å². The molecule has 0 N–H and O–H groups in total. The van der Waals surface area contributed by atoms with Crippen molar-refractivity contribution in [2.24, 2.45) is 4.99 Å². The molecule has 0 saturated heterocycles. The topological polar surface area (TPSA) is 86.7 Å². The third kappa shape index (κ3) is 4.76. The Morgan fingerprint density at radius 2 is 1.76 bits per heavy atom. The number of ether oxygens (including phenoxy) is 1. The van der Waals surface area contributed by atoms with Gasteiger partial charge in [0.2, 0.25) is 0 Å². The van der Waals surface area contributed by atoms with Gasteiger partial charge < -0.3 is 4.74 Å². The van der Waals surface area contributed by atoms with E-state index in [1.54, 1.807) is 16.7 Å². The summed E-state index contributed by atoms with van der Waals surface area (Å²) in [5.74, 6) is 0.710. The first kappa shape index (κ1) is 25.9. The Hall–Kier alpha value is -5.08. The minimum atomic E-state index is -0.479. The molecule has 2 aliphatic rings. The molecule has 0 fully saturated rings. The van der Waals surface area contributed by atoms with Crippen LogP contribution in [0.25, 0.3) is 11.8 Å². The molecule has 0 radical (unpaired) electrons. The number of aryl methyl sites for hydroxylation is 1. The average Bonchev–Trinajstić information content (AvgIpc) is 3.33. The molecular weight excluding hydrogens is 546 g/mol. The highest BCUT2D eigenvalue weighted by atomic mass is 32.1. The van der Waals surface area contributed by atoms with E-state index in [1.165, 1.54) is 23.0 Å². The van der Waals surface area contributed by atoms with Crippen molar-refractivity contribution in [3.63, 3.8) is 0 Å². The number of nitro groups is 1. The van der Waals surface area contributed by atoms with Crippen LogP contribution in [0.4, 0.5) is 5.69 Å². The lowest BCUT2D eigenvalue weighted by Crippen LogP contribution is -2.38. The number of allylic oxidation sites excluding steroid dienone is 1. The molecule has 1 atom stereocenters. The lowest BCUT2D eigenvalue weighted by molar-refractivity contribution is -0.384. The molecule has 8 heteroatoms. The van der Waals surface area contributed by atoms with Crippen LogP contribution in [0.1, 0.15) is 40.3 Å². The second-order valence-electron chi connectivity index (χ2n) is 10.3. The number of nitro benzene ring substituents is 1. The monoisotopic (exact) mass is 571 g/mol. The normalized spacial score (nSPS) is 15.8. The first-order chi connectivity index (χ1) is 20.5. The molecule has 0 saturated carbocycles. The molecule has 0 bridgehead atoms. The molecule has 206 valence electrons. The zero-order valence-electron chi connectivity index (χ0n) is 22.5. The second kappa shape index (κ2) is 10.7. The molecule has 0 unspecified atom stereocenters. The van der Waals surface area contributed by atoms with Crippen LogP contribution in [0.15, 0.2) is 118 Å². The highest BCUT2D eigenvalue weighted by molar-refractivity contribution is 7.07. The maximum atomic E-state index is 14.0. The second-order valence-corrected chi connectivity index (χ2v) is 11.3. The van der Waals surface area contributed by atoms with Crippen molar-refractivity contribution >= 4 is 28.8 Å². The molecule has 5 aromatic rings. The zero-order chi connectivity index (χ0) is 28.6. The van der Waals surface area contributed by atoms with Gasteiger partial charge in [0.1, 0.15) is 12.4 Å². The van der Waals surface area contributed by atoms with Gasteiger partial charge in [-0.1, -0.05) is 90.2 Å². The number of aromatic nitrogens is 1. The van der Waals surface area contributed by atoms with Crippen LogP contribution in [-0.2, 0) is 13.0 Å². The average molecular weight is 572 g/mol. The number of nitrogens with zero attached hydrogens (tertiary/aromatic N) is 3. The summed E-state index contributed by atoms with van der Waals surface area (Å²) >= 11 is 1.33. The van der Waals surface area contributed by atoms with Gasteiger partial charge in [0.15, 0.2) is 4.80 Å². The minimum absolute atomic E-state index is 0.00250. The summed E-state index contributed by atoms with van der Waals surface area (Å²) in [5.41, 5.74) is 6.57. The lowest BCUT2D eigenvalue weighted by atomic mass is 9.83. The van der Waals surface area contributed by atoms with Gasteiger partial charge in [-0.2, -0.15) is 0 Å². The van der Waals surface area contributed by atoms with Gasteiger partial charge in [-0.15, -0.1) is 0 Å². The quantitative estimate of drug-likeness (QED) is 0.190. The fourth-order valence-corrected chi connectivity index (χ4v) is 6.72. The van der Waals surface area contributed by atoms with Crippen LogP contribution in [0.5, 0.6) is 5.75 Å². The van der Waals surface area contributed by atoms with Crippen LogP contribution < -0.4 is 19.6 Å². The summed E-state index contributed by atoms with van der Waals surface area (Å²) in [6.45, 7) is 0.447. The number of hydrogen-bond donors (Lipinski definition) is 0. The van der Waals surface area contributed by atoms with Crippen molar-refractivity contribution in [2.75, 3.05) is 0 Å². The van der Waals surface area contributed by atoms with Gasteiger partial charge in [-0.05, 0) is 58.9 Å². The Kier molecular flexibility index (Phi) is 6.60. The molecule has 0 spiro atoms. The molecule has 4 aromatic carbocycles. The lowest BCUT2D eigenvalue weighted by Gasteiger charge is -2.30. The van der Waals surface area contributed by atoms with E-state index >= 15 is 0 Å². The van der Waals surface area contributed by atoms with Crippen molar-refractivity contribution < 1.29 is 9.66 Å². The third-order valence-electron chi connectivity index (χ3n) is 7.67. The first-order valence-electron chi connectivity index (χ1n) is 13.7. The predicted molar refractivity (Wildman–Crippen MR) is 163 cm³/mol. The maximum Gasteiger partial charge on any atom is 0.271 e. The summed E-state index contributed by atoms with van der Waals surface area (Å²) in [7, 11) is 0. The molecule has 1 aromatic heterocycles. The van der Waals surface area contributed by atoms with Crippen LogP contribution in [0, 0.1) is 10.1 Å². The van der Waals surface area contributed by atoms with E-state index in [9.17, 15) is 14.9 Å². The van der Waals surface area contributed by atoms with E-state index in [2.05, 4.69) is 12.1 Å². The Morgan fingerprint density at radius 1 is 0.952 bits per heavy atom. The third-order valence-corrected chi connectivity index (χ3v) is 8.66. The fourth-order valence-electron chi connectivity index (χ4n) is 5.72. The molecule has 42 heavy (non-hydrogen) atoms. The van der Waals surface area contributed by atoms with Crippen LogP contribution in [0.2, 0.25) is 0 Å². The molecule has 1 aliphatic carbocycles. The van der Waals surface area contributed by atoms with E-state index in [-0.39, 0.29) is 11.2 Å². The van der Waals surface area contributed by atoms with Gasteiger partial charge in [0, 0.05) is 17.7 Å². The van der Waals surface area contributed by atoms with Crippen LogP contribution in [-0.4, -0.2) is 9.49 Å². The van der Waals surface area contributed by atoms with Crippen LogP contribution in [0.3, 0.4) is 0 Å². The molecule has 1 aliphatic heterocycles. The Balaban J connectivity index is 1.34. The zero-order valence-corrected chi connectivity index (χ0v) is 23.3. The summed E-state index contributed by atoms with van der Waals surface area (Å²) in [6.07, 6.45) is 3.39. The summed E-state index contributed by atoms with van der Waals surface area (Å²) in [5, 5.41) is 11.7. The van der Waals surface area contributed by atoms with Crippen molar-refractivity contribution in [1.29, 1.82) is 0 Å². The highest BCUT2D eigenvalue weighted by Gasteiger charge is 2.33. The Labute approximate surface area is 245 Å². The number of hydrogen-bond acceptors (Lipinski definition) is 6. The van der Waals surface area contributed by atoms with E-state index in [1.807, 2.05) is 78.9 Å². The predicted octanol–water partition coefficient (Wildman–Crippen LogP) is 5.81. The SMILES string of the molecule is O=c1/c(=C/c2cccc(OCc3ccccc3)c2)sc2n1[C@H](c1cccc([N+](=O)[O-])c1)C1=C(N=2)c2ccccc2CC1. The summed E-state index contributed by atoms with van der Waals surface area (Å²) in [4.78, 5) is 30.9. The summed E-state index contributed by atoms with van der Waals surface area (Å²) in [6, 6.07) is 31.9. The molecule has 7 rings (SSSR count). The fraction of sp³-hybridized carbons (Fsp3) is 0.118. The van der Waals surface area contributed by atoms with E-state index < -0.39 is 11.0 Å². The van der Waals surface area contributed by atoms with Gasteiger partial charge in [0.05, 0.1) is 21.2 Å². The standard InChI is InChI=1S/C34H25N3O4S/c38-33-30(19-23-10-6-14-27(18-23)41-21-22-8-2-1-3-9-22)42-34-35-31-28-15-5-4-11-24(28)16-17-29(31)32(36(33)34)25-12-7-13-26(20-25)37(39)40/h1-15,18-20,32H,16-17,21H2/b30-19-/t32-/m1/s1. The largest absolute Gasteiger partial charge is 0.489 e. The first-order valence-corrected chi connectivity index (χ1v) is 14.5. The Morgan fingerprint density at radius 3 is 2.62 bits per heavy atom. The van der Waals surface area contributed by atoms with Crippen LogP contribution >= 0.6 is 11.3 Å². The molecule has 2 heterocycles. The number of non-ortho nitro benzene ring substituents is 1. The minimum Gasteiger partial charge on any atom is -0.489 e. The van der Waals surface area contributed by atoms with E-state index in [0.29, 0.717) is 33.7 Å². The smallest absolute Gasteiger partial charge is 0.271 e. The van der Waals surface area contributed by atoms with E-state index in [4.69, 9.17) is 9.73 Å². The maximum absolute atomic E-state index is 14.0. The molecule has 7 nitrogen and oxygen atoms in total. The Bertz CT molecular complexity index is 2060. The highest BCUT2D eigenvalue weighted by Crippen LogP contribution is 2.41. The van der Waals surface area contributed by atoms with Crippen molar-refractivity contribution in [3.05, 3.63) is 166 Å². The molecule has 0 amide bonds. The van der Waals surface area contributed by atoms with Gasteiger partial charge >= 0.3 is 0 Å². The number of benzene rings is 4.